The molecule has 2 aromatic heterocycles. The lowest BCUT2D eigenvalue weighted by Gasteiger charge is -2.38. The third kappa shape index (κ3) is 4.42. The molecule has 0 amide bonds. The lowest BCUT2D eigenvalue weighted by Crippen LogP contribution is -2.38. The van der Waals surface area contributed by atoms with Crippen LogP contribution >= 0.6 is 0 Å². The van der Waals surface area contributed by atoms with Gasteiger partial charge < -0.3 is 14.3 Å². The minimum Gasteiger partial charge on any atom is -0.424 e. The van der Waals surface area contributed by atoms with Crippen LogP contribution in [-0.4, -0.2) is 21.1 Å². The van der Waals surface area contributed by atoms with E-state index in [0.29, 0.717) is 6.01 Å². The fraction of sp³-hybridized carbons (Fsp3) is 0.118. The maximum absolute atomic E-state index is 5.84. The number of benzene rings is 4. The zero-order chi connectivity index (χ0) is 26.7. The Morgan fingerprint density at radius 2 is 1.38 bits per heavy atom. The van der Waals surface area contributed by atoms with Crippen LogP contribution in [0, 0.1) is 6.92 Å². The van der Waals surface area contributed by atoms with Crippen LogP contribution in [0.1, 0.15) is 40.6 Å². The van der Waals surface area contributed by atoms with Crippen molar-refractivity contribution in [1.82, 2.24) is 14.5 Å². The van der Waals surface area contributed by atoms with E-state index in [9.17, 15) is 0 Å². The van der Waals surface area contributed by atoms with Crippen LogP contribution in [-0.2, 0) is 5.54 Å². The molecule has 0 aliphatic rings. The first-order chi connectivity index (χ1) is 19.2. The van der Waals surface area contributed by atoms with Gasteiger partial charge in [0.2, 0.25) is 0 Å². The first-order valence-electron chi connectivity index (χ1n) is 13.2. The Morgan fingerprint density at radius 1 is 0.795 bits per heavy atom. The van der Waals surface area contributed by atoms with Crippen LogP contribution in [0.5, 0.6) is 0 Å². The third-order valence-corrected chi connectivity index (χ3v) is 7.15. The summed E-state index contributed by atoms with van der Waals surface area (Å²) in [6, 6.07) is 38.6. The summed E-state index contributed by atoms with van der Waals surface area (Å²) in [4.78, 5) is 9.37. The largest absolute Gasteiger partial charge is 0.424 e. The van der Waals surface area contributed by atoms with E-state index in [4.69, 9.17) is 9.40 Å². The van der Waals surface area contributed by atoms with E-state index in [0.717, 1.165) is 34.6 Å². The standard InChI is InChI=1S/C34H30N4O/c1-3-35-33-37-31-22-20-26(23-32(31)39-33)19-21-30-25(2)38(24-36-30)34(27-13-7-4-8-14-27,28-15-9-5-10-16-28)29-17-11-6-12-18-29/h4-24H,3H2,1-2H3,(H,35,37). The Balaban J connectivity index is 1.47. The Hall–Kier alpha value is -4.90. The highest BCUT2D eigenvalue weighted by Crippen LogP contribution is 2.42. The second-order valence-electron chi connectivity index (χ2n) is 9.50. The average Bonchev–Trinajstić information content (AvgIpc) is 3.57. The minimum atomic E-state index is -0.589. The molecule has 0 unspecified atom stereocenters. The molecule has 0 bridgehead atoms. The molecule has 0 atom stereocenters. The molecular formula is C34H30N4O. The average molecular weight is 511 g/mol. The van der Waals surface area contributed by atoms with E-state index in [-0.39, 0.29) is 0 Å². The fourth-order valence-corrected chi connectivity index (χ4v) is 5.33. The van der Waals surface area contributed by atoms with Gasteiger partial charge in [0, 0.05) is 12.2 Å². The van der Waals surface area contributed by atoms with Gasteiger partial charge in [0.25, 0.3) is 6.01 Å². The number of rotatable bonds is 8. The third-order valence-electron chi connectivity index (χ3n) is 7.15. The van der Waals surface area contributed by atoms with Gasteiger partial charge in [0.15, 0.2) is 5.58 Å². The molecule has 0 aliphatic heterocycles. The SMILES string of the molecule is CCNc1nc2ccc(C=Cc3ncn(C(c4ccccc4)(c4ccccc4)c4ccccc4)c3C)cc2o1. The molecule has 2 heterocycles. The van der Waals surface area contributed by atoms with Gasteiger partial charge in [-0.1, -0.05) is 103 Å². The summed E-state index contributed by atoms with van der Waals surface area (Å²) in [7, 11) is 0. The number of nitrogens with zero attached hydrogens (tertiary/aromatic N) is 3. The zero-order valence-corrected chi connectivity index (χ0v) is 22.1. The second kappa shape index (κ2) is 10.5. The molecule has 0 fully saturated rings. The Bertz CT molecular complexity index is 1620. The van der Waals surface area contributed by atoms with Crippen molar-refractivity contribution in [1.29, 1.82) is 0 Å². The van der Waals surface area contributed by atoms with Gasteiger partial charge in [0.05, 0.1) is 12.0 Å². The lowest BCUT2D eigenvalue weighted by atomic mass is 9.76. The molecule has 0 aliphatic carbocycles. The number of oxazole rings is 1. The van der Waals surface area contributed by atoms with E-state index in [2.05, 4.69) is 125 Å². The minimum absolute atomic E-state index is 0.544. The van der Waals surface area contributed by atoms with Crippen LogP contribution in [0.3, 0.4) is 0 Å². The van der Waals surface area contributed by atoms with Crippen molar-refractivity contribution in [2.45, 2.75) is 19.4 Å². The second-order valence-corrected chi connectivity index (χ2v) is 9.50. The zero-order valence-electron chi connectivity index (χ0n) is 22.1. The summed E-state index contributed by atoms with van der Waals surface area (Å²) in [6.45, 7) is 4.92. The van der Waals surface area contributed by atoms with Crippen molar-refractivity contribution < 1.29 is 4.42 Å². The number of fused-ring (bicyclic) bond motifs is 1. The molecule has 6 aromatic rings. The van der Waals surface area contributed by atoms with Crippen molar-refractivity contribution in [3.63, 3.8) is 0 Å². The van der Waals surface area contributed by atoms with Crippen molar-refractivity contribution in [3.05, 3.63) is 149 Å². The van der Waals surface area contributed by atoms with Gasteiger partial charge >= 0.3 is 0 Å². The lowest BCUT2D eigenvalue weighted by molar-refractivity contribution is 0.503. The van der Waals surface area contributed by atoms with Crippen LogP contribution in [0.25, 0.3) is 23.3 Å². The van der Waals surface area contributed by atoms with Gasteiger partial charge in [-0.3, -0.25) is 0 Å². The summed E-state index contributed by atoms with van der Waals surface area (Å²) in [5.41, 5.74) is 7.52. The predicted octanol–water partition coefficient (Wildman–Crippen LogP) is 7.78. The van der Waals surface area contributed by atoms with Crippen LogP contribution in [0.15, 0.2) is 120 Å². The van der Waals surface area contributed by atoms with Crippen molar-refractivity contribution in [2.24, 2.45) is 0 Å². The topological polar surface area (TPSA) is 55.9 Å². The first kappa shape index (κ1) is 24.4. The van der Waals surface area contributed by atoms with E-state index >= 15 is 0 Å². The molecule has 192 valence electrons. The molecule has 0 saturated carbocycles. The molecule has 0 saturated heterocycles. The Labute approximate surface area is 228 Å². The predicted molar refractivity (Wildman–Crippen MR) is 159 cm³/mol. The van der Waals surface area contributed by atoms with E-state index in [1.54, 1.807) is 0 Å². The maximum Gasteiger partial charge on any atom is 0.295 e. The van der Waals surface area contributed by atoms with E-state index in [1.165, 1.54) is 16.7 Å². The van der Waals surface area contributed by atoms with E-state index < -0.39 is 5.54 Å². The fourth-order valence-electron chi connectivity index (χ4n) is 5.33. The number of imidazole rings is 1. The Morgan fingerprint density at radius 3 is 1.95 bits per heavy atom. The van der Waals surface area contributed by atoms with Gasteiger partial charge in [-0.25, -0.2) is 4.98 Å². The summed E-state index contributed by atoms with van der Waals surface area (Å²) < 4.78 is 8.15. The monoisotopic (exact) mass is 510 g/mol. The molecular weight excluding hydrogens is 480 g/mol. The first-order valence-corrected chi connectivity index (χ1v) is 13.2. The number of anilines is 1. The number of hydrogen-bond acceptors (Lipinski definition) is 4. The maximum atomic E-state index is 5.84. The summed E-state index contributed by atoms with van der Waals surface area (Å²) in [6.07, 6.45) is 6.11. The van der Waals surface area contributed by atoms with E-state index in [1.807, 2.05) is 31.5 Å². The van der Waals surface area contributed by atoms with Gasteiger partial charge in [-0.2, -0.15) is 4.98 Å². The normalized spacial score (nSPS) is 11.8. The molecule has 5 nitrogen and oxygen atoms in total. The van der Waals surface area contributed by atoms with Crippen LogP contribution in [0.4, 0.5) is 6.01 Å². The summed E-state index contributed by atoms with van der Waals surface area (Å²) in [5, 5.41) is 3.13. The molecule has 4 aromatic carbocycles. The highest BCUT2D eigenvalue weighted by molar-refractivity contribution is 5.80. The quantitative estimate of drug-likeness (QED) is 0.213. The summed E-state index contributed by atoms with van der Waals surface area (Å²) in [5.74, 6) is 0. The van der Waals surface area contributed by atoms with Gasteiger partial charge in [0.1, 0.15) is 11.1 Å². The van der Waals surface area contributed by atoms with Crippen LogP contribution < -0.4 is 5.32 Å². The summed E-state index contributed by atoms with van der Waals surface area (Å²) >= 11 is 0. The van der Waals surface area contributed by atoms with Crippen molar-refractivity contribution in [2.75, 3.05) is 11.9 Å². The smallest absolute Gasteiger partial charge is 0.295 e. The molecule has 39 heavy (non-hydrogen) atoms. The van der Waals surface area contributed by atoms with Crippen LogP contribution in [0.2, 0.25) is 0 Å². The van der Waals surface area contributed by atoms with Gasteiger partial charge in [-0.15, -0.1) is 0 Å². The molecule has 6 rings (SSSR count). The number of nitrogens with one attached hydrogen (secondary N) is 1. The van der Waals surface area contributed by atoms with Crippen molar-refractivity contribution >= 4 is 29.3 Å². The highest BCUT2D eigenvalue weighted by atomic mass is 16.4. The van der Waals surface area contributed by atoms with Crippen molar-refractivity contribution in [3.8, 4) is 0 Å². The molecule has 1 N–H and O–H groups in total. The van der Waals surface area contributed by atoms with Gasteiger partial charge in [-0.05, 0) is 54.3 Å². The Kier molecular flexibility index (Phi) is 6.55. The highest BCUT2D eigenvalue weighted by Gasteiger charge is 2.39. The molecule has 5 heteroatoms. The molecule has 0 radical (unpaired) electrons. The number of hydrogen-bond donors (Lipinski definition) is 1. The number of aromatic nitrogens is 3. The molecule has 0 spiro atoms.